The standard InChI is InChI=1S/C14H21N3/c1-4-6-7-8-13(16-10-5-2)14-9-11-15-12(3)17-14/h1,9,11,13,16H,5-8,10H2,2-3H3. The fourth-order valence-corrected chi connectivity index (χ4v) is 1.75. The van der Waals surface area contributed by atoms with Crippen molar-refractivity contribution in [3.05, 3.63) is 23.8 Å². The molecule has 17 heavy (non-hydrogen) atoms. The zero-order valence-corrected chi connectivity index (χ0v) is 10.7. The van der Waals surface area contributed by atoms with Gasteiger partial charge in [0.25, 0.3) is 0 Å². The Morgan fingerprint density at radius 1 is 1.53 bits per heavy atom. The zero-order valence-electron chi connectivity index (χ0n) is 10.7. The average molecular weight is 231 g/mol. The molecule has 0 bridgehead atoms. The molecule has 0 amide bonds. The van der Waals surface area contributed by atoms with Crippen LogP contribution in [-0.4, -0.2) is 16.5 Å². The summed E-state index contributed by atoms with van der Waals surface area (Å²) in [7, 11) is 0. The van der Waals surface area contributed by atoms with Crippen LogP contribution in [0.3, 0.4) is 0 Å². The summed E-state index contributed by atoms with van der Waals surface area (Å²) >= 11 is 0. The van der Waals surface area contributed by atoms with Crippen molar-refractivity contribution in [2.75, 3.05) is 6.54 Å². The van der Waals surface area contributed by atoms with Gasteiger partial charge in [-0.05, 0) is 38.8 Å². The van der Waals surface area contributed by atoms with E-state index in [0.29, 0.717) is 6.04 Å². The Morgan fingerprint density at radius 2 is 2.35 bits per heavy atom. The van der Waals surface area contributed by atoms with Gasteiger partial charge in [-0.25, -0.2) is 9.97 Å². The SMILES string of the molecule is C#CCCCC(NCCC)c1ccnc(C)n1. The number of aromatic nitrogens is 2. The highest BCUT2D eigenvalue weighted by molar-refractivity contribution is 5.07. The highest BCUT2D eigenvalue weighted by Gasteiger charge is 2.11. The number of unbranched alkanes of at least 4 members (excludes halogenated alkanes) is 1. The molecule has 1 N–H and O–H groups in total. The summed E-state index contributed by atoms with van der Waals surface area (Å²) in [4.78, 5) is 8.61. The van der Waals surface area contributed by atoms with Crippen LogP contribution in [0.1, 0.15) is 50.2 Å². The van der Waals surface area contributed by atoms with E-state index in [1.807, 2.05) is 19.2 Å². The fraction of sp³-hybridized carbons (Fsp3) is 0.571. The Hall–Kier alpha value is -1.40. The van der Waals surface area contributed by atoms with Gasteiger partial charge in [0.2, 0.25) is 0 Å². The van der Waals surface area contributed by atoms with Gasteiger partial charge in [0.05, 0.1) is 5.69 Å². The lowest BCUT2D eigenvalue weighted by Gasteiger charge is -2.17. The van der Waals surface area contributed by atoms with Gasteiger partial charge in [0.15, 0.2) is 0 Å². The van der Waals surface area contributed by atoms with Crippen LogP contribution in [0.25, 0.3) is 0 Å². The molecule has 1 aromatic heterocycles. The minimum Gasteiger partial charge on any atom is -0.309 e. The summed E-state index contributed by atoms with van der Waals surface area (Å²) < 4.78 is 0. The number of hydrogen-bond donors (Lipinski definition) is 1. The molecule has 0 aliphatic heterocycles. The van der Waals surface area contributed by atoms with E-state index < -0.39 is 0 Å². The Balaban J connectivity index is 2.64. The first-order valence-electron chi connectivity index (χ1n) is 6.24. The van der Waals surface area contributed by atoms with Crippen LogP contribution in [0.4, 0.5) is 0 Å². The van der Waals surface area contributed by atoms with Crippen LogP contribution in [-0.2, 0) is 0 Å². The van der Waals surface area contributed by atoms with Gasteiger partial charge < -0.3 is 5.32 Å². The molecule has 3 heteroatoms. The summed E-state index contributed by atoms with van der Waals surface area (Å²) in [6.07, 6.45) is 11.1. The second kappa shape index (κ2) is 7.81. The van der Waals surface area contributed by atoms with Gasteiger partial charge in [0.1, 0.15) is 5.82 Å². The third-order valence-corrected chi connectivity index (χ3v) is 2.61. The highest BCUT2D eigenvalue weighted by atomic mass is 15.0. The van der Waals surface area contributed by atoms with Crippen molar-refractivity contribution in [3.63, 3.8) is 0 Å². The molecule has 1 rings (SSSR count). The molecule has 3 nitrogen and oxygen atoms in total. The van der Waals surface area contributed by atoms with Crippen molar-refractivity contribution in [1.29, 1.82) is 0 Å². The van der Waals surface area contributed by atoms with Crippen molar-refractivity contribution < 1.29 is 0 Å². The van der Waals surface area contributed by atoms with Gasteiger partial charge in [-0.15, -0.1) is 12.3 Å². The van der Waals surface area contributed by atoms with Crippen LogP contribution >= 0.6 is 0 Å². The molecule has 1 aromatic rings. The Labute approximate surface area is 104 Å². The number of aryl methyl sites for hydroxylation is 1. The molecule has 92 valence electrons. The summed E-state index contributed by atoms with van der Waals surface area (Å²) in [5.41, 5.74) is 1.07. The number of terminal acetylenes is 1. The molecular formula is C14H21N3. The maximum Gasteiger partial charge on any atom is 0.125 e. The first-order chi connectivity index (χ1) is 8.27. The van der Waals surface area contributed by atoms with E-state index >= 15 is 0 Å². The van der Waals surface area contributed by atoms with Gasteiger partial charge in [-0.1, -0.05) is 6.92 Å². The van der Waals surface area contributed by atoms with Crippen molar-refractivity contribution >= 4 is 0 Å². The molecule has 0 aliphatic carbocycles. The van der Waals surface area contributed by atoms with E-state index in [2.05, 4.69) is 28.1 Å². The minimum absolute atomic E-state index is 0.296. The molecule has 0 aliphatic rings. The molecule has 0 saturated carbocycles. The highest BCUT2D eigenvalue weighted by Crippen LogP contribution is 2.17. The molecule has 0 spiro atoms. The number of nitrogens with zero attached hydrogens (tertiary/aromatic N) is 2. The Bertz CT molecular complexity index is 368. The van der Waals surface area contributed by atoms with Crippen LogP contribution in [0, 0.1) is 19.3 Å². The monoisotopic (exact) mass is 231 g/mol. The lowest BCUT2D eigenvalue weighted by Crippen LogP contribution is -2.23. The van der Waals surface area contributed by atoms with Crippen molar-refractivity contribution in [2.45, 2.75) is 45.6 Å². The zero-order chi connectivity index (χ0) is 12.5. The van der Waals surface area contributed by atoms with Crippen LogP contribution in [0.5, 0.6) is 0 Å². The van der Waals surface area contributed by atoms with Gasteiger partial charge >= 0.3 is 0 Å². The topological polar surface area (TPSA) is 37.8 Å². The van der Waals surface area contributed by atoms with Crippen molar-refractivity contribution in [2.24, 2.45) is 0 Å². The normalized spacial score (nSPS) is 12.1. The van der Waals surface area contributed by atoms with Crippen LogP contribution < -0.4 is 5.32 Å². The summed E-state index contributed by atoms with van der Waals surface area (Å²) in [6, 6.07) is 2.28. The summed E-state index contributed by atoms with van der Waals surface area (Å²) in [5.74, 6) is 3.50. The molecule has 0 saturated heterocycles. The van der Waals surface area contributed by atoms with Crippen LogP contribution in [0.15, 0.2) is 12.3 Å². The molecule has 0 fully saturated rings. The van der Waals surface area contributed by atoms with E-state index in [1.54, 1.807) is 0 Å². The predicted octanol–water partition coefficient (Wildman–Crippen LogP) is 2.63. The summed E-state index contributed by atoms with van der Waals surface area (Å²) in [5, 5.41) is 3.51. The van der Waals surface area contributed by atoms with Gasteiger partial charge in [0, 0.05) is 18.7 Å². The summed E-state index contributed by atoms with van der Waals surface area (Å²) in [6.45, 7) is 5.09. The number of rotatable bonds is 7. The van der Waals surface area contributed by atoms with E-state index in [1.165, 1.54) is 0 Å². The number of hydrogen-bond acceptors (Lipinski definition) is 3. The lowest BCUT2D eigenvalue weighted by molar-refractivity contribution is 0.476. The maximum absolute atomic E-state index is 5.28. The molecular weight excluding hydrogens is 210 g/mol. The molecule has 1 heterocycles. The molecule has 1 atom stereocenters. The minimum atomic E-state index is 0.296. The number of nitrogens with one attached hydrogen (secondary N) is 1. The smallest absolute Gasteiger partial charge is 0.125 e. The van der Waals surface area contributed by atoms with Gasteiger partial charge in [-0.3, -0.25) is 0 Å². The van der Waals surface area contributed by atoms with E-state index in [9.17, 15) is 0 Å². The van der Waals surface area contributed by atoms with Crippen molar-refractivity contribution in [1.82, 2.24) is 15.3 Å². The largest absolute Gasteiger partial charge is 0.309 e. The predicted molar refractivity (Wildman–Crippen MR) is 70.5 cm³/mol. The average Bonchev–Trinajstić information content (AvgIpc) is 2.33. The van der Waals surface area contributed by atoms with Gasteiger partial charge in [-0.2, -0.15) is 0 Å². The third-order valence-electron chi connectivity index (χ3n) is 2.61. The Kier molecular flexibility index (Phi) is 6.27. The van der Waals surface area contributed by atoms with E-state index in [0.717, 1.165) is 43.7 Å². The first-order valence-corrected chi connectivity index (χ1v) is 6.24. The van der Waals surface area contributed by atoms with E-state index in [-0.39, 0.29) is 0 Å². The Morgan fingerprint density at radius 3 is 3.00 bits per heavy atom. The molecule has 0 aromatic carbocycles. The quantitative estimate of drug-likeness (QED) is 0.579. The fourth-order valence-electron chi connectivity index (χ4n) is 1.75. The first kappa shape index (κ1) is 13.7. The molecule has 1 unspecified atom stereocenters. The van der Waals surface area contributed by atoms with E-state index in [4.69, 9.17) is 6.42 Å². The molecule has 0 radical (unpaired) electrons. The second-order valence-corrected chi connectivity index (χ2v) is 4.13. The lowest BCUT2D eigenvalue weighted by atomic mass is 10.1. The van der Waals surface area contributed by atoms with Crippen LogP contribution in [0.2, 0.25) is 0 Å². The maximum atomic E-state index is 5.28. The second-order valence-electron chi connectivity index (χ2n) is 4.13. The van der Waals surface area contributed by atoms with Crippen molar-refractivity contribution in [3.8, 4) is 12.3 Å². The third kappa shape index (κ3) is 4.97.